The monoisotopic (exact) mass is 353 g/mol. The van der Waals surface area contributed by atoms with Gasteiger partial charge in [-0.15, -0.1) is 11.3 Å². The molecule has 1 fully saturated rings. The van der Waals surface area contributed by atoms with E-state index in [4.69, 9.17) is 4.74 Å². The normalized spacial score (nSPS) is 24.6. The molecule has 24 heavy (non-hydrogen) atoms. The summed E-state index contributed by atoms with van der Waals surface area (Å²) in [7, 11) is 0. The van der Waals surface area contributed by atoms with Crippen LogP contribution >= 0.6 is 11.3 Å². The molecule has 2 rings (SSSR count). The van der Waals surface area contributed by atoms with E-state index in [0.29, 0.717) is 12.5 Å². The van der Waals surface area contributed by atoms with Gasteiger partial charge in [-0.1, -0.05) is 19.8 Å². The van der Waals surface area contributed by atoms with Crippen LogP contribution in [0.4, 0.5) is 4.79 Å². The molecule has 1 aliphatic carbocycles. The van der Waals surface area contributed by atoms with E-state index >= 15 is 0 Å². The maximum Gasteiger partial charge on any atom is 0.407 e. The molecule has 5 nitrogen and oxygen atoms in total. The van der Waals surface area contributed by atoms with Crippen molar-refractivity contribution in [1.29, 1.82) is 0 Å². The number of alkyl carbamates (subject to hydrolysis) is 1. The van der Waals surface area contributed by atoms with Gasteiger partial charge in [0.15, 0.2) is 0 Å². The third-order valence-corrected chi connectivity index (χ3v) is 5.78. The summed E-state index contributed by atoms with van der Waals surface area (Å²) in [6.45, 7) is 11.4. The van der Waals surface area contributed by atoms with Crippen molar-refractivity contribution in [2.24, 2.45) is 5.92 Å². The van der Waals surface area contributed by atoms with Crippen LogP contribution in [0.2, 0.25) is 0 Å². The Bertz CT molecular complexity index is 553. The van der Waals surface area contributed by atoms with Crippen molar-refractivity contribution < 1.29 is 9.53 Å². The first-order valence-corrected chi connectivity index (χ1v) is 9.71. The number of amides is 1. The van der Waals surface area contributed by atoms with Crippen molar-refractivity contribution in [3.63, 3.8) is 0 Å². The molecule has 0 aromatic carbocycles. The number of carbonyl (C=O) groups is 1. The van der Waals surface area contributed by atoms with Gasteiger partial charge < -0.3 is 15.4 Å². The molecule has 6 heteroatoms. The van der Waals surface area contributed by atoms with E-state index in [1.807, 2.05) is 33.2 Å². The SMILES string of the molecule is Cc1ncsc1CNC1(CNC(=O)OC(C)(C)C)CCCCC1C. The van der Waals surface area contributed by atoms with Gasteiger partial charge in [0.1, 0.15) is 5.60 Å². The number of aryl methyl sites for hydroxylation is 1. The van der Waals surface area contributed by atoms with Gasteiger partial charge in [0.05, 0.1) is 11.2 Å². The highest BCUT2D eigenvalue weighted by atomic mass is 32.1. The second-order valence-electron chi connectivity index (χ2n) is 7.87. The molecule has 0 aliphatic heterocycles. The van der Waals surface area contributed by atoms with E-state index in [0.717, 1.165) is 18.7 Å². The lowest BCUT2D eigenvalue weighted by molar-refractivity contribution is 0.0479. The average molecular weight is 354 g/mol. The number of hydrogen-bond donors (Lipinski definition) is 2. The van der Waals surface area contributed by atoms with Crippen LogP contribution in [-0.4, -0.2) is 28.8 Å². The van der Waals surface area contributed by atoms with Crippen LogP contribution in [0.5, 0.6) is 0 Å². The highest BCUT2D eigenvalue weighted by molar-refractivity contribution is 7.09. The van der Waals surface area contributed by atoms with Crippen LogP contribution in [0.1, 0.15) is 63.9 Å². The second-order valence-corrected chi connectivity index (χ2v) is 8.81. The van der Waals surface area contributed by atoms with E-state index in [9.17, 15) is 4.79 Å². The van der Waals surface area contributed by atoms with Gasteiger partial charge in [0, 0.05) is 23.5 Å². The Hall–Kier alpha value is -1.14. The van der Waals surface area contributed by atoms with E-state index < -0.39 is 5.60 Å². The Morgan fingerprint density at radius 3 is 2.79 bits per heavy atom. The van der Waals surface area contributed by atoms with E-state index in [2.05, 4.69) is 22.5 Å². The zero-order valence-electron chi connectivity index (χ0n) is 15.6. The summed E-state index contributed by atoms with van der Waals surface area (Å²) in [6.07, 6.45) is 4.37. The fourth-order valence-corrected chi connectivity index (χ4v) is 4.01. The van der Waals surface area contributed by atoms with Crippen LogP contribution in [0, 0.1) is 12.8 Å². The topological polar surface area (TPSA) is 63.2 Å². The van der Waals surface area contributed by atoms with E-state index in [-0.39, 0.29) is 11.6 Å². The van der Waals surface area contributed by atoms with Crippen LogP contribution in [-0.2, 0) is 11.3 Å². The number of hydrogen-bond acceptors (Lipinski definition) is 5. The molecular weight excluding hydrogens is 322 g/mol. The van der Waals surface area contributed by atoms with Gasteiger partial charge in [0.2, 0.25) is 0 Å². The summed E-state index contributed by atoms with van der Waals surface area (Å²) in [5.74, 6) is 0.509. The molecule has 1 amide bonds. The molecule has 0 radical (unpaired) electrons. The molecule has 2 atom stereocenters. The number of thiazole rings is 1. The second kappa shape index (κ2) is 7.83. The molecule has 0 bridgehead atoms. The standard InChI is InChI=1S/C18H31N3O2S/c1-13-8-6-7-9-18(13,11-19-16(22)23-17(3,4)5)21-10-15-14(2)20-12-24-15/h12-13,21H,6-11H2,1-5H3,(H,19,22). The van der Waals surface area contributed by atoms with Crippen molar-refractivity contribution in [2.75, 3.05) is 6.54 Å². The quantitative estimate of drug-likeness (QED) is 0.839. The average Bonchev–Trinajstić information content (AvgIpc) is 2.89. The predicted octanol–water partition coefficient (Wildman–Crippen LogP) is 4.01. The first-order chi connectivity index (χ1) is 11.2. The zero-order chi connectivity index (χ0) is 17.8. The molecular formula is C18H31N3O2S. The Labute approximate surface area is 149 Å². The molecule has 1 aromatic rings. The first-order valence-electron chi connectivity index (χ1n) is 8.83. The Balaban J connectivity index is 2.01. The third-order valence-electron chi connectivity index (χ3n) is 4.85. The van der Waals surface area contributed by atoms with Crippen molar-refractivity contribution in [1.82, 2.24) is 15.6 Å². The van der Waals surface area contributed by atoms with Crippen molar-refractivity contribution in [2.45, 2.75) is 78.0 Å². The smallest absolute Gasteiger partial charge is 0.407 e. The van der Waals surface area contributed by atoms with Gasteiger partial charge in [-0.2, -0.15) is 0 Å². The van der Waals surface area contributed by atoms with Gasteiger partial charge in [-0.3, -0.25) is 0 Å². The first kappa shape index (κ1) is 19.2. The number of nitrogens with zero attached hydrogens (tertiary/aromatic N) is 1. The Morgan fingerprint density at radius 2 is 2.21 bits per heavy atom. The maximum atomic E-state index is 12.1. The molecule has 0 saturated heterocycles. The molecule has 2 unspecified atom stereocenters. The molecule has 1 aliphatic rings. The summed E-state index contributed by atoms with van der Waals surface area (Å²) in [6, 6.07) is 0. The Kier molecular flexibility index (Phi) is 6.26. The lowest BCUT2D eigenvalue weighted by Crippen LogP contribution is -2.58. The zero-order valence-corrected chi connectivity index (χ0v) is 16.4. The third kappa shape index (κ3) is 5.18. The number of aromatic nitrogens is 1. The molecule has 2 N–H and O–H groups in total. The van der Waals surface area contributed by atoms with Gasteiger partial charge in [-0.05, 0) is 46.5 Å². The number of ether oxygens (including phenoxy) is 1. The van der Waals surface area contributed by atoms with Crippen LogP contribution < -0.4 is 10.6 Å². The van der Waals surface area contributed by atoms with E-state index in [1.165, 1.54) is 24.1 Å². The van der Waals surface area contributed by atoms with Crippen LogP contribution in [0.3, 0.4) is 0 Å². The number of nitrogens with one attached hydrogen (secondary N) is 2. The number of rotatable bonds is 5. The lowest BCUT2D eigenvalue weighted by Gasteiger charge is -2.44. The molecule has 136 valence electrons. The molecule has 1 heterocycles. The lowest BCUT2D eigenvalue weighted by atomic mass is 9.73. The largest absolute Gasteiger partial charge is 0.444 e. The summed E-state index contributed by atoms with van der Waals surface area (Å²) < 4.78 is 5.39. The van der Waals surface area contributed by atoms with Crippen molar-refractivity contribution in [3.05, 3.63) is 16.1 Å². The molecule has 0 spiro atoms. The van der Waals surface area contributed by atoms with Gasteiger partial charge >= 0.3 is 6.09 Å². The minimum atomic E-state index is -0.470. The highest BCUT2D eigenvalue weighted by Crippen LogP contribution is 2.34. The minimum absolute atomic E-state index is 0.0778. The summed E-state index contributed by atoms with van der Waals surface area (Å²) in [5, 5.41) is 6.74. The Morgan fingerprint density at radius 1 is 1.46 bits per heavy atom. The predicted molar refractivity (Wildman–Crippen MR) is 98.3 cm³/mol. The summed E-state index contributed by atoms with van der Waals surface area (Å²) in [4.78, 5) is 17.7. The van der Waals surface area contributed by atoms with Crippen molar-refractivity contribution in [3.8, 4) is 0 Å². The molecule has 1 aromatic heterocycles. The highest BCUT2D eigenvalue weighted by Gasteiger charge is 2.38. The van der Waals surface area contributed by atoms with Gasteiger partial charge in [-0.25, -0.2) is 9.78 Å². The van der Waals surface area contributed by atoms with E-state index in [1.54, 1.807) is 11.3 Å². The molecule has 1 saturated carbocycles. The van der Waals surface area contributed by atoms with Crippen LogP contribution in [0.25, 0.3) is 0 Å². The van der Waals surface area contributed by atoms with Crippen molar-refractivity contribution >= 4 is 17.4 Å². The summed E-state index contributed by atoms with van der Waals surface area (Å²) in [5.41, 5.74) is 2.43. The van der Waals surface area contributed by atoms with Gasteiger partial charge in [0.25, 0.3) is 0 Å². The fraction of sp³-hybridized carbons (Fsp3) is 0.778. The number of carbonyl (C=O) groups excluding carboxylic acids is 1. The minimum Gasteiger partial charge on any atom is -0.444 e. The summed E-state index contributed by atoms with van der Waals surface area (Å²) >= 11 is 1.68. The van der Waals surface area contributed by atoms with Crippen LogP contribution in [0.15, 0.2) is 5.51 Å². The fourth-order valence-electron chi connectivity index (χ4n) is 3.30. The maximum absolute atomic E-state index is 12.1.